The van der Waals surface area contributed by atoms with Gasteiger partial charge in [-0.15, -0.1) is 0 Å². The van der Waals surface area contributed by atoms with Gasteiger partial charge in [0.25, 0.3) is 0 Å². The summed E-state index contributed by atoms with van der Waals surface area (Å²) in [6.45, 7) is 6.15. The fourth-order valence-electron chi connectivity index (χ4n) is 2.59. The Labute approximate surface area is 156 Å². The van der Waals surface area contributed by atoms with Crippen LogP contribution in [0, 0.1) is 5.92 Å². The number of carbonyl (C=O) groups is 2. The molecule has 2 amide bonds. The lowest BCUT2D eigenvalue weighted by molar-refractivity contribution is -0.124. The highest BCUT2D eigenvalue weighted by molar-refractivity contribution is 5.85. The van der Waals surface area contributed by atoms with Crippen molar-refractivity contribution < 1.29 is 19.1 Å². The second kappa shape index (κ2) is 10.7. The number of rotatable bonds is 9. The van der Waals surface area contributed by atoms with E-state index in [0.717, 1.165) is 11.3 Å². The molecule has 26 heavy (non-hydrogen) atoms. The van der Waals surface area contributed by atoms with Gasteiger partial charge in [-0.2, -0.15) is 0 Å². The van der Waals surface area contributed by atoms with Gasteiger partial charge >= 0.3 is 6.09 Å². The summed E-state index contributed by atoms with van der Waals surface area (Å²) in [5.74, 6) is 0.474. The fourth-order valence-corrected chi connectivity index (χ4v) is 2.59. The number of nitrogens with zero attached hydrogens (tertiary/aromatic N) is 1. The third kappa shape index (κ3) is 6.55. The summed E-state index contributed by atoms with van der Waals surface area (Å²) in [6, 6.07) is 7.08. The zero-order valence-corrected chi connectivity index (χ0v) is 16.5. The number of alkyl carbamates (subject to hydrolysis) is 1. The molecule has 1 aromatic carbocycles. The third-order valence-electron chi connectivity index (χ3n) is 4.07. The van der Waals surface area contributed by atoms with E-state index in [-0.39, 0.29) is 24.5 Å². The van der Waals surface area contributed by atoms with Crippen molar-refractivity contribution in [1.29, 1.82) is 0 Å². The first-order chi connectivity index (χ1) is 12.3. The average molecular weight is 365 g/mol. The van der Waals surface area contributed by atoms with Crippen LogP contribution in [0.3, 0.4) is 0 Å². The van der Waals surface area contributed by atoms with E-state index in [2.05, 4.69) is 10.6 Å². The highest BCUT2D eigenvalue weighted by Crippen LogP contribution is 2.22. The number of hydrogen-bond acceptors (Lipinski definition) is 5. The summed E-state index contributed by atoms with van der Waals surface area (Å²) in [5, 5.41) is 5.56. The van der Waals surface area contributed by atoms with Crippen LogP contribution in [0.25, 0.3) is 0 Å². The minimum atomic E-state index is -0.651. The fraction of sp³-hybridized carbons (Fsp3) is 0.579. The van der Waals surface area contributed by atoms with E-state index in [1.54, 1.807) is 14.0 Å². The molecule has 1 aromatic rings. The first-order valence-corrected chi connectivity index (χ1v) is 8.81. The van der Waals surface area contributed by atoms with E-state index < -0.39 is 12.1 Å². The zero-order chi connectivity index (χ0) is 19.7. The smallest absolute Gasteiger partial charge is 0.407 e. The minimum absolute atomic E-state index is 0.0237. The Morgan fingerprint density at radius 2 is 1.92 bits per heavy atom. The molecule has 146 valence electrons. The molecule has 7 nitrogen and oxygen atoms in total. The van der Waals surface area contributed by atoms with Crippen LogP contribution in [0.1, 0.15) is 32.4 Å². The Morgan fingerprint density at radius 1 is 1.23 bits per heavy atom. The molecule has 0 radical (unpaired) electrons. The summed E-state index contributed by atoms with van der Waals surface area (Å²) in [7, 11) is 5.53. The van der Waals surface area contributed by atoms with Crippen molar-refractivity contribution in [3.63, 3.8) is 0 Å². The molecule has 0 aliphatic carbocycles. The Balaban J connectivity index is 2.79. The molecule has 0 aliphatic rings. The summed E-state index contributed by atoms with van der Waals surface area (Å²) < 4.78 is 10.2. The number of nitrogens with one attached hydrogen (secondary N) is 2. The molecule has 0 spiro atoms. The molecule has 0 heterocycles. The van der Waals surface area contributed by atoms with Crippen LogP contribution in [0.5, 0.6) is 5.75 Å². The quantitative estimate of drug-likeness (QED) is 0.701. The first-order valence-electron chi connectivity index (χ1n) is 8.81. The lowest BCUT2D eigenvalue weighted by Gasteiger charge is -2.27. The molecule has 0 saturated heterocycles. The molecule has 2 unspecified atom stereocenters. The van der Waals surface area contributed by atoms with E-state index in [0.29, 0.717) is 6.54 Å². The topological polar surface area (TPSA) is 79.9 Å². The van der Waals surface area contributed by atoms with Crippen LogP contribution in [0.15, 0.2) is 24.3 Å². The average Bonchev–Trinajstić information content (AvgIpc) is 2.59. The van der Waals surface area contributed by atoms with Gasteiger partial charge in [0.05, 0.1) is 19.8 Å². The molecule has 2 N–H and O–H groups in total. The van der Waals surface area contributed by atoms with Gasteiger partial charge in [-0.1, -0.05) is 26.0 Å². The Hall–Kier alpha value is -2.28. The number of methoxy groups -OCH3 is 1. The first kappa shape index (κ1) is 21.8. The maximum absolute atomic E-state index is 12.6. The van der Waals surface area contributed by atoms with E-state index in [9.17, 15) is 9.59 Å². The number of benzene rings is 1. The molecule has 0 saturated carbocycles. The second-order valence-corrected chi connectivity index (χ2v) is 6.59. The standard InChI is InChI=1S/C19H31N3O4/c1-7-26-19(24)21-17(13(2)3)18(23)20-12-16(22(4)5)14-9-8-10-15(11-14)25-6/h8-11,13,16-17H,7,12H2,1-6H3,(H,20,23)(H,21,24). The van der Waals surface area contributed by atoms with Gasteiger partial charge in [0.15, 0.2) is 0 Å². The number of hydrogen-bond donors (Lipinski definition) is 2. The van der Waals surface area contributed by atoms with Crippen molar-refractivity contribution in [3.8, 4) is 5.75 Å². The molecule has 7 heteroatoms. The van der Waals surface area contributed by atoms with Crippen LogP contribution in [0.2, 0.25) is 0 Å². The van der Waals surface area contributed by atoms with Gasteiger partial charge in [0, 0.05) is 6.54 Å². The number of ether oxygens (including phenoxy) is 2. The molecule has 0 aromatic heterocycles. The molecular weight excluding hydrogens is 334 g/mol. The summed E-state index contributed by atoms with van der Waals surface area (Å²) >= 11 is 0. The number of amides is 2. The highest BCUT2D eigenvalue weighted by Gasteiger charge is 2.26. The van der Waals surface area contributed by atoms with Gasteiger partial charge in [0.2, 0.25) is 5.91 Å². The lowest BCUT2D eigenvalue weighted by Crippen LogP contribution is -2.51. The predicted octanol–water partition coefficient (Wildman–Crippen LogP) is 2.18. The lowest BCUT2D eigenvalue weighted by atomic mass is 10.0. The predicted molar refractivity (Wildman–Crippen MR) is 101 cm³/mol. The molecule has 0 bridgehead atoms. The van der Waals surface area contributed by atoms with Crippen LogP contribution in [-0.2, 0) is 9.53 Å². The van der Waals surface area contributed by atoms with Crippen molar-refractivity contribution in [2.75, 3.05) is 34.4 Å². The van der Waals surface area contributed by atoms with Crippen LogP contribution in [-0.4, -0.2) is 57.3 Å². The van der Waals surface area contributed by atoms with Gasteiger partial charge < -0.3 is 25.0 Å². The van der Waals surface area contributed by atoms with Crippen LogP contribution >= 0.6 is 0 Å². The second-order valence-electron chi connectivity index (χ2n) is 6.59. The number of likely N-dealkylation sites (N-methyl/N-ethyl adjacent to an activating group) is 1. The van der Waals surface area contributed by atoms with Crippen molar-refractivity contribution in [2.24, 2.45) is 5.92 Å². The largest absolute Gasteiger partial charge is 0.497 e. The van der Waals surface area contributed by atoms with E-state index in [1.807, 2.05) is 57.1 Å². The Kier molecular flexibility index (Phi) is 8.92. The summed E-state index contributed by atoms with van der Waals surface area (Å²) in [5.41, 5.74) is 1.04. The van der Waals surface area contributed by atoms with Crippen molar-refractivity contribution in [3.05, 3.63) is 29.8 Å². The summed E-state index contributed by atoms with van der Waals surface area (Å²) in [4.78, 5) is 26.3. The maximum Gasteiger partial charge on any atom is 0.407 e. The monoisotopic (exact) mass is 365 g/mol. The Bertz CT molecular complexity index is 590. The SMILES string of the molecule is CCOC(=O)NC(C(=O)NCC(c1cccc(OC)c1)N(C)C)C(C)C. The normalized spacial score (nSPS) is 13.2. The Morgan fingerprint density at radius 3 is 2.46 bits per heavy atom. The maximum atomic E-state index is 12.6. The summed E-state index contributed by atoms with van der Waals surface area (Å²) in [6.07, 6.45) is -0.585. The van der Waals surface area contributed by atoms with Crippen molar-refractivity contribution >= 4 is 12.0 Å². The third-order valence-corrected chi connectivity index (χ3v) is 4.07. The van der Waals surface area contributed by atoms with Crippen LogP contribution in [0.4, 0.5) is 4.79 Å². The zero-order valence-electron chi connectivity index (χ0n) is 16.5. The van der Waals surface area contributed by atoms with Crippen molar-refractivity contribution in [1.82, 2.24) is 15.5 Å². The van der Waals surface area contributed by atoms with E-state index >= 15 is 0 Å². The highest BCUT2D eigenvalue weighted by atomic mass is 16.5. The van der Waals surface area contributed by atoms with Crippen LogP contribution < -0.4 is 15.4 Å². The van der Waals surface area contributed by atoms with Crippen molar-refractivity contribution in [2.45, 2.75) is 32.9 Å². The van der Waals surface area contributed by atoms with E-state index in [4.69, 9.17) is 9.47 Å². The van der Waals surface area contributed by atoms with Gasteiger partial charge in [-0.05, 0) is 44.6 Å². The molecule has 1 rings (SSSR count). The molecule has 0 fully saturated rings. The molecule has 2 atom stereocenters. The molecular formula is C19H31N3O4. The van der Waals surface area contributed by atoms with E-state index in [1.165, 1.54) is 0 Å². The van der Waals surface area contributed by atoms with Gasteiger partial charge in [-0.25, -0.2) is 4.79 Å². The number of carbonyl (C=O) groups excluding carboxylic acids is 2. The van der Waals surface area contributed by atoms with Gasteiger partial charge in [-0.3, -0.25) is 4.79 Å². The minimum Gasteiger partial charge on any atom is -0.497 e. The molecule has 0 aliphatic heterocycles. The van der Waals surface area contributed by atoms with Gasteiger partial charge in [0.1, 0.15) is 11.8 Å².